The quantitative estimate of drug-likeness (QED) is 0.644. The van der Waals surface area contributed by atoms with Crippen LogP contribution in [0, 0.1) is 12.9 Å². The molecule has 0 aliphatic carbocycles. The number of hydrogen-bond acceptors (Lipinski definition) is 3. The molecule has 0 spiro atoms. The summed E-state index contributed by atoms with van der Waals surface area (Å²) >= 11 is 5.97. The third kappa shape index (κ3) is 4.51. The molecule has 1 amide bonds. The number of carbonyl (C=O) groups excluding carboxylic acids is 1. The maximum Gasteiger partial charge on any atom is 0.251 e. The lowest BCUT2D eigenvalue weighted by molar-refractivity contribution is 0.0916. The minimum Gasteiger partial charge on any atom is -0.394 e. The Morgan fingerprint density at radius 2 is 1.96 bits per heavy atom. The van der Waals surface area contributed by atoms with E-state index in [-0.39, 0.29) is 12.5 Å². The predicted molar refractivity (Wildman–Crippen MR) is 103 cm³/mol. The molecular formula is C21H18ClFN2O2. The lowest BCUT2D eigenvalue weighted by Gasteiger charge is -2.17. The molecule has 0 saturated carbocycles. The Labute approximate surface area is 161 Å². The number of nitrogens with zero attached hydrogens (tertiary/aromatic N) is 1. The van der Waals surface area contributed by atoms with Gasteiger partial charge in [-0.15, -0.1) is 0 Å². The van der Waals surface area contributed by atoms with Gasteiger partial charge < -0.3 is 10.4 Å². The molecule has 0 aliphatic rings. The molecule has 3 aromatic rings. The molecule has 1 heterocycles. The van der Waals surface area contributed by atoms with Crippen LogP contribution in [-0.2, 0) is 0 Å². The fourth-order valence-corrected chi connectivity index (χ4v) is 3.01. The number of pyridine rings is 1. The van der Waals surface area contributed by atoms with Crippen LogP contribution in [0.2, 0.25) is 5.02 Å². The molecule has 2 N–H and O–H groups in total. The van der Waals surface area contributed by atoms with Crippen molar-refractivity contribution in [3.63, 3.8) is 0 Å². The minimum atomic E-state index is -0.563. The number of benzene rings is 2. The Kier molecular flexibility index (Phi) is 5.84. The van der Waals surface area contributed by atoms with Gasteiger partial charge in [0.05, 0.1) is 12.6 Å². The standard InChI is InChI=1S/C21H18ClFN2O2/c1-13-11-24-20(23)10-18(13)14-5-7-15(8-6-14)21(27)25-19(12-26)16-3-2-4-17(22)9-16/h2-11,19,26H,12H2,1H3,(H,25,27). The van der Waals surface area contributed by atoms with Crippen LogP contribution >= 0.6 is 11.6 Å². The largest absolute Gasteiger partial charge is 0.394 e. The number of aliphatic hydroxyl groups excluding tert-OH is 1. The van der Waals surface area contributed by atoms with E-state index >= 15 is 0 Å². The van der Waals surface area contributed by atoms with Crippen molar-refractivity contribution in [1.29, 1.82) is 0 Å². The highest BCUT2D eigenvalue weighted by atomic mass is 35.5. The summed E-state index contributed by atoms with van der Waals surface area (Å²) in [5.74, 6) is -0.872. The first-order valence-corrected chi connectivity index (χ1v) is 8.75. The van der Waals surface area contributed by atoms with E-state index in [1.807, 2.05) is 6.92 Å². The summed E-state index contributed by atoms with van der Waals surface area (Å²) < 4.78 is 13.4. The average molecular weight is 385 g/mol. The Balaban J connectivity index is 1.78. The normalized spacial score (nSPS) is 11.9. The summed E-state index contributed by atoms with van der Waals surface area (Å²) in [7, 11) is 0. The van der Waals surface area contributed by atoms with Gasteiger partial charge in [0.15, 0.2) is 0 Å². The second kappa shape index (κ2) is 8.29. The Bertz CT molecular complexity index is 961. The van der Waals surface area contributed by atoms with Crippen LogP contribution in [0.3, 0.4) is 0 Å². The zero-order valence-corrected chi connectivity index (χ0v) is 15.4. The highest BCUT2D eigenvalue weighted by Crippen LogP contribution is 2.24. The molecule has 2 aromatic carbocycles. The summed E-state index contributed by atoms with van der Waals surface area (Å²) in [5, 5.41) is 12.9. The van der Waals surface area contributed by atoms with Crippen molar-refractivity contribution in [1.82, 2.24) is 10.3 Å². The van der Waals surface area contributed by atoms with Crippen LogP contribution < -0.4 is 5.32 Å². The second-order valence-electron chi connectivity index (χ2n) is 6.16. The summed E-state index contributed by atoms with van der Waals surface area (Å²) in [5.41, 5.74) is 3.51. The van der Waals surface area contributed by atoms with Crippen molar-refractivity contribution in [2.75, 3.05) is 6.61 Å². The van der Waals surface area contributed by atoms with E-state index in [0.29, 0.717) is 10.6 Å². The number of aromatic nitrogens is 1. The molecule has 3 rings (SSSR count). The Hall–Kier alpha value is -2.76. The average Bonchev–Trinajstić information content (AvgIpc) is 2.68. The minimum absolute atomic E-state index is 0.250. The molecule has 1 atom stereocenters. The van der Waals surface area contributed by atoms with Crippen molar-refractivity contribution in [3.8, 4) is 11.1 Å². The van der Waals surface area contributed by atoms with Crippen LogP contribution in [0.5, 0.6) is 0 Å². The van der Waals surface area contributed by atoms with E-state index in [9.17, 15) is 14.3 Å². The fourth-order valence-electron chi connectivity index (χ4n) is 2.81. The number of amides is 1. The summed E-state index contributed by atoms with van der Waals surface area (Å²) in [6.07, 6.45) is 1.47. The maximum atomic E-state index is 13.4. The zero-order valence-electron chi connectivity index (χ0n) is 14.6. The number of halogens is 2. The molecule has 138 valence electrons. The van der Waals surface area contributed by atoms with Crippen LogP contribution in [-0.4, -0.2) is 22.6 Å². The molecule has 0 aliphatic heterocycles. The number of rotatable bonds is 5. The van der Waals surface area contributed by atoms with E-state index in [0.717, 1.165) is 22.3 Å². The lowest BCUT2D eigenvalue weighted by Crippen LogP contribution is -2.30. The van der Waals surface area contributed by atoms with Crippen LogP contribution in [0.1, 0.15) is 27.5 Å². The first-order chi connectivity index (χ1) is 13.0. The number of carbonyl (C=O) groups is 1. The molecular weight excluding hydrogens is 367 g/mol. The second-order valence-corrected chi connectivity index (χ2v) is 6.60. The van der Waals surface area contributed by atoms with Gasteiger partial charge >= 0.3 is 0 Å². The maximum absolute atomic E-state index is 13.4. The molecule has 27 heavy (non-hydrogen) atoms. The molecule has 0 bridgehead atoms. The van der Waals surface area contributed by atoms with E-state index in [2.05, 4.69) is 10.3 Å². The summed E-state index contributed by atoms with van der Waals surface area (Å²) in [6, 6.07) is 14.6. The van der Waals surface area contributed by atoms with E-state index in [4.69, 9.17) is 11.6 Å². The number of aliphatic hydroxyl groups is 1. The topological polar surface area (TPSA) is 62.2 Å². The van der Waals surface area contributed by atoms with Crippen LogP contribution in [0.15, 0.2) is 60.8 Å². The molecule has 0 saturated heterocycles. The van der Waals surface area contributed by atoms with Gasteiger partial charge in [-0.1, -0.05) is 35.9 Å². The number of hydrogen-bond donors (Lipinski definition) is 2. The van der Waals surface area contributed by atoms with Crippen molar-refractivity contribution in [2.45, 2.75) is 13.0 Å². The predicted octanol–water partition coefficient (Wildman–Crippen LogP) is 4.31. The summed E-state index contributed by atoms with van der Waals surface area (Å²) in [4.78, 5) is 16.1. The van der Waals surface area contributed by atoms with Crippen LogP contribution in [0.25, 0.3) is 11.1 Å². The zero-order chi connectivity index (χ0) is 19.4. The first kappa shape index (κ1) is 19.0. The first-order valence-electron chi connectivity index (χ1n) is 8.37. The highest BCUT2D eigenvalue weighted by Gasteiger charge is 2.15. The fraction of sp³-hybridized carbons (Fsp3) is 0.143. The van der Waals surface area contributed by atoms with Gasteiger partial charge in [-0.05, 0) is 53.4 Å². The van der Waals surface area contributed by atoms with Gasteiger partial charge in [0.2, 0.25) is 5.95 Å². The van der Waals surface area contributed by atoms with E-state index in [1.54, 1.807) is 48.5 Å². The number of nitrogens with one attached hydrogen (secondary N) is 1. The smallest absolute Gasteiger partial charge is 0.251 e. The van der Waals surface area contributed by atoms with Gasteiger partial charge in [-0.2, -0.15) is 4.39 Å². The van der Waals surface area contributed by atoms with Crippen molar-refractivity contribution < 1.29 is 14.3 Å². The van der Waals surface area contributed by atoms with E-state index in [1.165, 1.54) is 12.3 Å². The molecule has 1 unspecified atom stereocenters. The van der Waals surface area contributed by atoms with Gasteiger partial charge in [0.25, 0.3) is 5.91 Å². The van der Waals surface area contributed by atoms with Gasteiger partial charge in [0, 0.05) is 22.8 Å². The molecule has 0 radical (unpaired) electrons. The Morgan fingerprint density at radius 1 is 1.22 bits per heavy atom. The molecule has 0 fully saturated rings. The van der Waals surface area contributed by atoms with Crippen molar-refractivity contribution >= 4 is 17.5 Å². The number of aryl methyl sites for hydroxylation is 1. The summed E-state index contributed by atoms with van der Waals surface area (Å²) in [6.45, 7) is 1.60. The van der Waals surface area contributed by atoms with Crippen molar-refractivity contribution in [2.24, 2.45) is 0 Å². The van der Waals surface area contributed by atoms with Gasteiger partial charge in [-0.3, -0.25) is 4.79 Å². The third-order valence-corrected chi connectivity index (χ3v) is 4.50. The third-order valence-electron chi connectivity index (χ3n) is 4.27. The SMILES string of the molecule is Cc1cnc(F)cc1-c1ccc(C(=O)NC(CO)c2cccc(Cl)c2)cc1. The van der Waals surface area contributed by atoms with E-state index < -0.39 is 12.0 Å². The highest BCUT2D eigenvalue weighted by molar-refractivity contribution is 6.30. The van der Waals surface area contributed by atoms with Gasteiger partial charge in [-0.25, -0.2) is 4.98 Å². The monoisotopic (exact) mass is 384 g/mol. The van der Waals surface area contributed by atoms with Crippen molar-refractivity contribution in [3.05, 3.63) is 88.5 Å². The van der Waals surface area contributed by atoms with Crippen LogP contribution in [0.4, 0.5) is 4.39 Å². The lowest BCUT2D eigenvalue weighted by atomic mass is 10.0. The molecule has 6 heteroatoms. The van der Waals surface area contributed by atoms with Gasteiger partial charge in [0.1, 0.15) is 0 Å². The molecule has 1 aromatic heterocycles. The Morgan fingerprint density at radius 3 is 2.63 bits per heavy atom. The molecule has 4 nitrogen and oxygen atoms in total.